The summed E-state index contributed by atoms with van der Waals surface area (Å²) in [6.45, 7) is 9.22. The molecule has 2 amide bonds. The van der Waals surface area contributed by atoms with Gasteiger partial charge in [0.15, 0.2) is 0 Å². The average molecular weight is 408 g/mol. The maximum absolute atomic E-state index is 12.5. The number of piperazine rings is 1. The molecule has 2 aliphatic heterocycles. The van der Waals surface area contributed by atoms with Crippen molar-refractivity contribution in [3.63, 3.8) is 0 Å². The standard InChI is InChI=1S/C24H29N3O3/c1-18(2)30-22-11-6-5-10-21(22)26-16-14-25(15-17-26)12-7-13-27-23(28)19-8-3-4-9-20(19)24(27)29/h3-6,8-11,18H,7,12-17H2,1-2H3. The number of carbonyl (C=O) groups excluding carboxylic acids is 2. The van der Waals surface area contributed by atoms with Gasteiger partial charge in [0.2, 0.25) is 0 Å². The van der Waals surface area contributed by atoms with Crippen LogP contribution in [0.5, 0.6) is 5.75 Å². The molecule has 0 spiro atoms. The van der Waals surface area contributed by atoms with E-state index in [1.165, 1.54) is 4.90 Å². The van der Waals surface area contributed by atoms with Crippen molar-refractivity contribution >= 4 is 17.5 Å². The topological polar surface area (TPSA) is 53.1 Å². The lowest BCUT2D eigenvalue weighted by Crippen LogP contribution is -2.47. The van der Waals surface area contributed by atoms with Crippen LogP contribution >= 0.6 is 0 Å². The van der Waals surface area contributed by atoms with Crippen molar-refractivity contribution < 1.29 is 14.3 Å². The minimum atomic E-state index is -0.165. The summed E-state index contributed by atoms with van der Waals surface area (Å²) in [5, 5.41) is 0. The summed E-state index contributed by atoms with van der Waals surface area (Å²) in [5.41, 5.74) is 2.20. The number of imide groups is 1. The third-order valence-electron chi connectivity index (χ3n) is 5.68. The molecule has 6 nitrogen and oxygen atoms in total. The molecule has 0 N–H and O–H groups in total. The molecule has 0 bridgehead atoms. The number of hydrogen-bond acceptors (Lipinski definition) is 5. The monoisotopic (exact) mass is 407 g/mol. The minimum absolute atomic E-state index is 0.148. The third-order valence-corrected chi connectivity index (χ3v) is 5.68. The first-order chi connectivity index (χ1) is 14.5. The summed E-state index contributed by atoms with van der Waals surface area (Å²) < 4.78 is 5.97. The van der Waals surface area contributed by atoms with Gasteiger partial charge in [-0.3, -0.25) is 19.4 Å². The van der Waals surface area contributed by atoms with Crippen molar-refractivity contribution in [3.05, 3.63) is 59.7 Å². The second-order valence-electron chi connectivity index (χ2n) is 8.12. The summed E-state index contributed by atoms with van der Waals surface area (Å²) in [6, 6.07) is 15.3. The summed E-state index contributed by atoms with van der Waals surface area (Å²) >= 11 is 0. The maximum atomic E-state index is 12.5. The Labute approximate surface area is 178 Å². The number of anilines is 1. The zero-order valence-corrected chi connectivity index (χ0v) is 17.7. The molecule has 1 fully saturated rings. The Bertz CT molecular complexity index is 884. The predicted molar refractivity (Wildman–Crippen MR) is 117 cm³/mol. The normalized spacial score (nSPS) is 17.0. The Morgan fingerprint density at radius 3 is 2.07 bits per heavy atom. The lowest BCUT2D eigenvalue weighted by molar-refractivity contribution is 0.0647. The van der Waals surface area contributed by atoms with Gasteiger partial charge in [-0.05, 0) is 51.1 Å². The minimum Gasteiger partial charge on any atom is -0.489 e. The van der Waals surface area contributed by atoms with E-state index in [2.05, 4.69) is 21.9 Å². The average Bonchev–Trinajstić information content (AvgIpc) is 2.99. The highest BCUT2D eigenvalue weighted by Gasteiger charge is 2.34. The fraction of sp³-hybridized carbons (Fsp3) is 0.417. The van der Waals surface area contributed by atoms with E-state index in [-0.39, 0.29) is 17.9 Å². The number of ether oxygens (including phenoxy) is 1. The van der Waals surface area contributed by atoms with Crippen molar-refractivity contribution in [2.75, 3.05) is 44.2 Å². The van der Waals surface area contributed by atoms with E-state index in [1.54, 1.807) is 24.3 Å². The van der Waals surface area contributed by atoms with Gasteiger partial charge < -0.3 is 9.64 Å². The van der Waals surface area contributed by atoms with E-state index in [0.717, 1.165) is 50.6 Å². The molecule has 2 aromatic carbocycles. The first-order valence-electron chi connectivity index (χ1n) is 10.7. The van der Waals surface area contributed by atoms with Crippen LogP contribution in [-0.2, 0) is 0 Å². The van der Waals surface area contributed by atoms with Gasteiger partial charge in [0.1, 0.15) is 5.75 Å². The smallest absolute Gasteiger partial charge is 0.261 e. The largest absolute Gasteiger partial charge is 0.489 e. The zero-order chi connectivity index (χ0) is 21.1. The first-order valence-corrected chi connectivity index (χ1v) is 10.7. The zero-order valence-electron chi connectivity index (χ0n) is 17.7. The van der Waals surface area contributed by atoms with Gasteiger partial charge >= 0.3 is 0 Å². The lowest BCUT2D eigenvalue weighted by atomic mass is 10.1. The highest BCUT2D eigenvalue weighted by Crippen LogP contribution is 2.29. The molecule has 0 aromatic heterocycles. The van der Waals surface area contributed by atoms with Crippen LogP contribution < -0.4 is 9.64 Å². The molecule has 1 saturated heterocycles. The molecule has 0 aliphatic carbocycles. The van der Waals surface area contributed by atoms with Gasteiger partial charge in [-0.15, -0.1) is 0 Å². The Morgan fingerprint density at radius 1 is 0.833 bits per heavy atom. The van der Waals surface area contributed by atoms with E-state index in [1.807, 2.05) is 26.0 Å². The molecule has 0 unspecified atom stereocenters. The summed E-state index contributed by atoms with van der Waals surface area (Å²) in [6.07, 6.45) is 0.938. The third kappa shape index (κ3) is 4.19. The van der Waals surface area contributed by atoms with Gasteiger partial charge in [0, 0.05) is 32.7 Å². The molecule has 30 heavy (non-hydrogen) atoms. The summed E-state index contributed by atoms with van der Waals surface area (Å²) in [7, 11) is 0. The van der Waals surface area contributed by atoms with Crippen LogP contribution in [0.15, 0.2) is 48.5 Å². The van der Waals surface area contributed by atoms with Crippen molar-refractivity contribution in [3.8, 4) is 5.75 Å². The summed E-state index contributed by atoms with van der Waals surface area (Å²) in [5.74, 6) is 0.607. The number of rotatable bonds is 7. The van der Waals surface area contributed by atoms with E-state index in [9.17, 15) is 9.59 Å². The predicted octanol–water partition coefficient (Wildman–Crippen LogP) is 3.28. The van der Waals surface area contributed by atoms with Crippen molar-refractivity contribution in [1.82, 2.24) is 9.80 Å². The molecular weight excluding hydrogens is 378 g/mol. The second-order valence-corrected chi connectivity index (χ2v) is 8.12. The van der Waals surface area contributed by atoms with E-state index in [4.69, 9.17) is 4.74 Å². The van der Waals surface area contributed by atoms with E-state index >= 15 is 0 Å². The van der Waals surface area contributed by atoms with Crippen LogP contribution in [0.4, 0.5) is 5.69 Å². The number of amides is 2. The molecule has 2 aromatic rings. The second kappa shape index (κ2) is 8.88. The number of benzene rings is 2. The Balaban J connectivity index is 1.27. The van der Waals surface area contributed by atoms with Crippen LogP contribution in [0.25, 0.3) is 0 Å². The quantitative estimate of drug-likeness (QED) is 0.660. The van der Waals surface area contributed by atoms with Gasteiger partial charge in [-0.2, -0.15) is 0 Å². The van der Waals surface area contributed by atoms with Crippen LogP contribution in [-0.4, -0.2) is 67.0 Å². The van der Waals surface area contributed by atoms with Crippen LogP contribution in [0.1, 0.15) is 41.0 Å². The Hall–Kier alpha value is -2.86. The van der Waals surface area contributed by atoms with Gasteiger partial charge in [0.25, 0.3) is 11.8 Å². The maximum Gasteiger partial charge on any atom is 0.261 e. The van der Waals surface area contributed by atoms with Gasteiger partial charge in [0.05, 0.1) is 22.9 Å². The van der Waals surface area contributed by atoms with Crippen LogP contribution in [0.3, 0.4) is 0 Å². The molecule has 0 atom stereocenters. The fourth-order valence-electron chi connectivity index (χ4n) is 4.18. The number of hydrogen-bond donors (Lipinski definition) is 0. The van der Waals surface area contributed by atoms with E-state index < -0.39 is 0 Å². The van der Waals surface area contributed by atoms with Crippen LogP contribution in [0.2, 0.25) is 0 Å². The van der Waals surface area contributed by atoms with Gasteiger partial charge in [-0.1, -0.05) is 24.3 Å². The van der Waals surface area contributed by atoms with E-state index in [0.29, 0.717) is 17.7 Å². The number of para-hydroxylation sites is 2. The lowest BCUT2D eigenvalue weighted by Gasteiger charge is -2.37. The Morgan fingerprint density at radius 2 is 1.43 bits per heavy atom. The SMILES string of the molecule is CC(C)Oc1ccccc1N1CCN(CCCN2C(=O)c3ccccc3C2=O)CC1. The molecule has 2 heterocycles. The fourth-order valence-corrected chi connectivity index (χ4v) is 4.18. The highest BCUT2D eigenvalue weighted by molar-refractivity contribution is 6.21. The van der Waals surface area contributed by atoms with Crippen molar-refractivity contribution in [2.24, 2.45) is 0 Å². The van der Waals surface area contributed by atoms with Crippen LogP contribution in [0, 0.1) is 0 Å². The molecule has 2 aliphatic rings. The number of carbonyl (C=O) groups is 2. The molecular formula is C24H29N3O3. The molecule has 0 saturated carbocycles. The summed E-state index contributed by atoms with van der Waals surface area (Å²) in [4.78, 5) is 31.1. The number of nitrogens with zero attached hydrogens (tertiary/aromatic N) is 3. The molecule has 158 valence electrons. The Kier molecular flexibility index (Phi) is 6.04. The molecule has 0 radical (unpaired) electrons. The highest BCUT2D eigenvalue weighted by atomic mass is 16.5. The molecule has 4 rings (SSSR count). The van der Waals surface area contributed by atoms with Crippen molar-refractivity contribution in [2.45, 2.75) is 26.4 Å². The molecule has 6 heteroatoms. The first kappa shape index (κ1) is 20.4. The number of fused-ring (bicyclic) bond motifs is 1. The van der Waals surface area contributed by atoms with Crippen molar-refractivity contribution in [1.29, 1.82) is 0 Å². The van der Waals surface area contributed by atoms with Gasteiger partial charge in [-0.25, -0.2) is 0 Å².